The van der Waals surface area contributed by atoms with Crippen LogP contribution in [0.2, 0.25) is 0 Å². The number of benzene rings is 2. The van der Waals surface area contributed by atoms with Crippen molar-refractivity contribution in [3.63, 3.8) is 0 Å². The van der Waals surface area contributed by atoms with E-state index in [2.05, 4.69) is 29.6 Å². The van der Waals surface area contributed by atoms with E-state index in [1.807, 2.05) is 37.3 Å². The molecule has 0 spiro atoms. The van der Waals surface area contributed by atoms with Gasteiger partial charge in [-0.15, -0.1) is 0 Å². The molecule has 1 saturated heterocycles. The van der Waals surface area contributed by atoms with Crippen LogP contribution < -0.4 is 5.32 Å². The van der Waals surface area contributed by atoms with Crippen molar-refractivity contribution in [3.8, 4) is 11.1 Å². The van der Waals surface area contributed by atoms with Crippen molar-refractivity contribution in [2.75, 3.05) is 13.1 Å². The van der Waals surface area contributed by atoms with Crippen LogP contribution in [-0.4, -0.2) is 35.3 Å². The largest absolute Gasteiger partial charge is 0.354 e. The average molecular weight is 405 g/mol. The zero-order valence-electron chi connectivity index (χ0n) is 17.9. The monoisotopic (exact) mass is 404 g/mol. The Morgan fingerprint density at radius 3 is 2.27 bits per heavy atom. The van der Waals surface area contributed by atoms with Gasteiger partial charge in [-0.1, -0.05) is 73.9 Å². The summed E-state index contributed by atoms with van der Waals surface area (Å²) in [5.41, 5.74) is 2.59. The Kier molecular flexibility index (Phi) is 6.21. The molecule has 2 fully saturated rings. The molecule has 4 nitrogen and oxygen atoms in total. The number of amides is 2. The summed E-state index contributed by atoms with van der Waals surface area (Å²) in [7, 11) is 0. The first kappa shape index (κ1) is 20.6. The molecular formula is C26H32N2O2. The number of hydrogen-bond donors (Lipinski definition) is 1. The van der Waals surface area contributed by atoms with Crippen molar-refractivity contribution in [2.45, 2.75) is 57.4 Å². The standard InChI is InChI=1S/C26H32N2O2/c1-26(25(30)27-19-21-8-4-2-5-9-21)16-17-28(26)24(29)18-20-12-14-23(15-13-20)22-10-6-3-7-11-22/h3,6-7,10-15,21H,2,4-5,8-9,16-19H2,1H3,(H,27,30). The lowest BCUT2D eigenvalue weighted by Gasteiger charge is -2.49. The second-order valence-electron chi connectivity index (χ2n) is 9.02. The molecule has 0 bridgehead atoms. The van der Waals surface area contributed by atoms with E-state index in [-0.39, 0.29) is 11.8 Å². The molecule has 0 aromatic heterocycles. The van der Waals surface area contributed by atoms with Gasteiger partial charge in [0.1, 0.15) is 5.54 Å². The molecule has 1 aliphatic carbocycles. The first-order valence-corrected chi connectivity index (χ1v) is 11.3. The first-order valence-electron chi connectivity index (χ1n) is 11.3. The quantitative estimate of drug-likeness (QED) is 0.766. The highest BCUT2D eigenvalue weighted by molar-refractivity contribution is 5.93. The van der Waals surface area contributed by atoms with Gasteiger partial charge in [0, 0.05) is 13.1 Å². The molecule has 4 rings (SSSR count). The fourth-order valence-corrected chi connectivity index (χ4v) is 4.73. The molecule has 2 aromatic rings. The topological polar surface area (TPSA) is 49.4 Å². The number of rotatable bonds is 6. The fourth-order valence-electron chi connectivity index (χ4n) is 4.73. The van der Waals surface area contributed by atoms with Gasteiger partial charge in [-0.05, 0) is 48.8 Å². The number of carbonyl (C=O) groups excluding carboxylic acids is 2. The maximum absolute atomic E-state index is 12.9. The summed E-state index contributed by atoms with van der Waals surface area (Å²) in [5, 5.41) is 3.14. The van der Waals surface area contributed by atoms with E-state index < -0.39 is 5.54 Å². The molecule has 1 N–H and O–H groups in total. The number of carbonyl (C=O) groups is 2. The van der Waals surface area contributed by atoms with E-state index >= 15 is 0 Å². The predicted molar refractivity (Wildman–Crippen MR) is 120 cm³/mol. The van der Waals surface area contributed by atoms with Crippen LogP contribution in [0.15, 0.2) is 54.6 Å². The van der Waals surface area contributed by atoms with E-state index in [4.69, 9.17) is 0 Å². The summed E-state index contributed by atoms with van der Waals surface area (Å²) < 4.78 is 0. The van der Waals surface area contributed by atoms with Gasteiger partial charge in [-0.3, -0.25) is 9.59 Å². The minimum atomic E-state index is -0.699. The Morgan fingerprint density at radius 2 is 1.63 bits per heavy atom. The Bertz CT molecular complexity index is 872. The van der Waals surface area contributed by atoms with Crippen LogP contribution in [0.4, 0.5) is 0 Å². The lowest BCUT2D eigenvalue weighted by molar-refractivity contribution is -0.157. The number of nitrogens with zero attached hydrogens (tertiary/aromatic N) is 1. The van der Waals surface area contributed by atoms with Gasteiger partial charge in [0.15, 0.2) is 0 Å². The predicted octanol–water partition coefficient (Wildman–Crippen LogP) is 4.58. The maximum atomic E-state index is 12.9. The normalized spacial score (nSPS) is 21.7. The molecule has 1 unspecified atom stereocenters. The zero-order chi connectivity index (χ0) is 21.0. The van der Waals surface area contributed by atoms with Crippen molar-refractivity contribution in [3.05, 3.63) is 60.2 Å². The minimum Gasteiger partial charge on any atom is -0.354 e. The van der Waals surface area contributed by atoms with Gasteiger partial charge in [-0.25, -0.2) is 0 Å². The van der Waals surface area contributed by atoms with Crippen LogP contribution >= 0.6 is 0 Å². The second-order valence-corrected chi connectivity index (χ2v) is 9.02. The Hall–Kier alpha value is -2.62. The lowest BCUT2D eigenvalue weighted by atomic mass is 9.84. The molecule has 4 heteroatoms. The SMILES string of the molecule is CC1(C(=O)NCC2CCCCC2)CCN1C(=O)Cc1ccc(-c2ccccc2)cc1. The first-order chi connectivity index (χ1) is 14.6. The van der Waals surface area contributed by atoms with Crippen molar-refractivity contribution in [2.24, 2.45) is 5.92 Å². The molecule has 158 valence electrons. The Labute approximate surface area is 179 Å². The van der Waals surface area contributed by atoms with Gasteiger partial charge < -0.3 is 10.2 Å². The zero-order valence-corrected chi connectivity index (χ0v) is 17.9. The van der Waals surface area contributed by atoms with Gasteiger partial charge >= 0.3 is 0 Å². The van der Waals surface area contributed by atoms with Crippen LogP contribution in [0.1, 0.15) is 51.0 Å². The summed E-state index contributed by atoms with van der Waals surface area (Å²) >= 11 is 0. The van der Waals surface area contributed by atoms with Crippen LogP contribution in [0.25, 0.3) is 11.1 Å². The van der Waals surface area contributed by atoms with E-state index in [1.54, 1.807) is 4.90 Å². The van der Waals surface area contributed by atoms with Crippen molar-refractivity contribution < 1.29 is 9.59 Å². The molecule has 1 heterocycles. The summed E-state index contributed by atoms with van der Waals surface area (Å²) in [4.78, 5) is 27.5. The average Bonchev–Trinajstić information content (AvgIpc) is 2.78. The Balaban J connectivity index is 1.33. The lowest BCUT2D eigenvalue weighted by Crippen LogP contribution is -2.67. The maximum Gasteiger partial charge on any atom is 0.245 e. The molecule has 2 aromatic carbocycles. The third-order valence-electron chi connectivity index (χ3n) is 6.90. The summed E-state index contributed by atoms with van der Waals surface area (Å²) in [6, 6.07) is 18.4. The molecule has 1 aliphatic heterocycles. The fraction of sp³-hybridized carbons (Fsp3) is 0.462. The second kappa shape index (κ2) is 9.03. The highest BCUT2D eigenvalue weighted by Crippen LogP contribution is 2.32. The van der Waals surface area contributed by atoms with E-state index in [9.17, 15) is 9.59 Å². The van der Waals surface area contributed by atoms with E-state index in [0.29, 0.717) is 18.9 Å². The molecule has 1 atom stereocenters. The summed E-state index contributed by atoms with van der Waals surface area (Å²) in [6.45, 7) is 3.31. The summed E-state index contributed by atoms with van der Waals surface area (Å²) in [6.07, 6.45) is 7.34. The van der Waals surface area contributed by atoms with Gasteiger partial charge in [-0.2, -0.15) is 0 Å². The van der Waals surface area contributed by atoms with Crippen LogP contribution in [-0.2, 0) is 16.0 Å². The molecule has 2 amide bonds. The van der Waals surface area contributed by atoms with Crippen molar-refractivity contribution >= 4 is 11.8 Å². The molecular weight excluding hydrogens is 372 g/mol. The van der Waals surface area contributed by atoms with Crippen molar-refractivity contribution in [1.82, 2.24) is 10.2 Å². The highest BCUT2D eigenvalue weighted by atomic mass is 16.2. The van der Waals surface area contributed by atoms with Gasteiger partial charge in [0.05, 0.1) is 6.42 Å². The smallest absolute Gasteiger partial charge is 0.245 e. The summed E-state index contributed by atoms with van der Waals surface area (Å²) in [5.74, 6) is 0.634. The van der Waals surface area contributed by atoms with Gasteiger partial charge in [0.25, 0.3) is 0 Å². The van der Waals surface area contributed by atoms with Crippen LogP contribution in [0, 0.1) is 5.92 Å². The van der Waals surface area contributed by atoms with E-state index in [0.717, 1.165) is 24.1 Å². The minimum absolute atomic E-state index is 0.00657. The van der Waals surface area contributed by atoms with Crippen LogP contribution in [0.3, 0.4) is 0 Å². The molecule has 0 radical (unpaired) electrons. The van der Waals surface area contributed by atoms with E-state index in [1.165, 1.54) is 37.7 Å². The molecule has 30 heavy (non-hydrogen) atoms. The molecule has 2 aliphatic rings. The third kappa shape index (κ3) is 4.43. The van der Waals surface area contributed by atoms with Gasteiger partial charge in [0.2, 0.25) is 11.8 Å². The van der Waals surface area contributed by atoms with Crippen LogP contribution in [0.5, 0.6) is 0 Å². The highest BCUT2D eigenvalue weighted by Gasteiger charge is 2.49. The van der Waals surface area contributed by atoms with Crippen molar-refractivity contribution in [1.29, 1.82) is 0 Å². The Morgan fingerprint density at radius 1 is 0.967 bits per heavy atom. The number of likely N-dealkylation sites (tertiary alicyclic amines) is 1. The number of nitrogens with one attached hydrogen (secondary N) is 1. The number of hydrogen-bond acceptors (Lipinski definition) is 2. The molecule has 1 saturated carbocycles. The third-order valence-corrected chi connectivity index (χ3v) is 6.90.